The van der Waals surface area contributed by atoms with E-state index in [4.69, 9.17) is 9.47 Å². The molecule has 3 rings (SSSR count). The Balaban J connectivity index is 1.79. The first-order valence-electron chi connectivity index (χ1n) is 9.05. The van der Waals surface area contributed by atoms with E-state index >= 15 is 0 Å². The number of ether oxygens (including phenoxy) is 2. The van der Waals surface area contributed by atoms with Crippen LogP contribution in [-0.2, 0) is 0 Å². The zero-order valence-electron chi connectivity index (χ0n) is 16.5. The molecule has 2 aromatic rings. The molecule has 29 heavy (non-hydrogen) atoms. The summed E-state index contributed by atoms with van der Waals surface area (Å²) in [6, 6.07) is 9.29. The van der Waals surface area contributed by atoms with Crippen molar-refractivity contribution in [3.63, 3.8) is 0 Å². The van der Waals surface area contributed by atoms with Crippen molar-refractivity contribution in [2.24, 2.45) is 0 Å². The van der Waals surface area contributed by atoms with Crippen molar-refractivity contribution in [2.75, 3.05) is 32.6 Å². The third-order valence-corrected chi connectivity index (χ3v) is 4.49. The van der Waals surface area contributed by atoms with Crippen molar-refractivity contribution < 1.29 is 23.9 Å². The second-order valence-electron chi connectivity index (χ2n) is 6.38. The van der Waals surface area contributed by atoms with Crippen LogP contribution in [0.1, 0.15) is 34.1 Å². The highest BCUT2D eigenvalue weighted by Crippen LogP contribution is 2.24. The summed E-state index contributed by atoms with van der Waals surface area (Å²) in [5, 5.41) is 5.43. The number of hydrazine groups is 1. The second kappa shape index (κ2) is 8.59. The fourth-order valence-corrected chi connectivity index (χ4v) is 3.03. The number of urea groups is 1. The van der Waals surface area contributed by atoms with Gasteiger partial charge in [-0.3, -0.25) is 9.59 Å². The highest BCUT2D eigenvalue weighted by molar-refractivity contribution is 6.00. The predicted octanol–water partition coefficient (Wildman–Crippen LogP) is 2.60. The molecule has 1 aromatic carbocycles. The van der Waals surface area contributed by atoms with Gasteiger partial charge in [-0.05, 0) is 31.5 Å². The van der Waals surface area contributed by atoms with Crippen LogP contribution in [0.4, 0.5) is 10.5 Å². The average Bonchev–Trinajstić information content (AvgIpc) is 3.23. The lowest BCUT2D eigenvalue weighted by atomic mass is 10.1. The number of hydrogen-bond acceptors (Lipinski definition) is 6. The van der Waals surface area contributed by atoms with Gasteiger partial charge in [0.25, 0.3) is 5.91 Å². The molecule has 152 valence electrons. The molecule has 0 saturated carbocycles. The summed E-state index contributed by atoms with van der Waals surface area (Å²) < 4.78 is 10.3. The maximum atomic E-state index is 13.0. The quantitative estimate of drug-likeness (QED) is 0.777. The van der Waals surface area contributed by atoms with Crippen LogP contribution in [0.3, 0.4) is 0 Å². The molecule has 0 atom stereocenters. The molecule has 3 amide bonds. The number of aromatic nitrogens is 1. The summed E-state index contributed by atoms with van der Waals surface area (Å²) in [6.45, 7) is 2.23. The fourth-order valence-electron chi connectivity index (χ4n) is 3.03. The van der Waals surface area contributed by atoms with Gasteiger partial charge in [0.15, 0.2) is 5.78 Å². The van der Waals surface area contributed by atoms with Crippen LogP contribution in [0.5, 0.6) is 11.8 Å². The minimum Gasteiger partial charge on any atom is -0.481 e. The molecular weight excluding hydrogens is 376 g/mol. The zero-order chi connectivity index (χ0) is 21.0. The van der Waals surface area contributed by atoms with Gasteiger partial charge in [-0.25, -0.2) is 14.8 Å². The molecule has 1 saturated heterocycles. The van der Waals surface area contributed by atoms with E-state index in [-0.39, 0.29) is 17.2 Å². The van der Waals surface area contributed by atoms with E-state index < -0.39 is 11.9 Å². The highest BCUT2D eigenvalue weighted by Gasteiger charge is 2.33. The number of carbonyl (C=O) groups is 3. The van der Waals surface area contributed by atoms with Gasteiger partial charge < -0.3 is 14.8 Å². The van der Waals surface area contributed by atoms with Gasteiger partial charge in [0.05, 0.1) is 14.2 Å². The summed E-state index contributed by atoms with van der Waals surface area (Å²) in [6.07, 6.45) is 0.637. The van der Waals surface area contributed by atoms with Crippen LogP contribution in [0.2, 0.25) is 0 Å². The first-order chi connectivity index (χ1) is 13.9. The summed E-state index contributed by atoms with van der Waals surface area (Å²) in [7, 11) is 2.88. The molecular formula is C20H22N4O5. The summed E-state index contributed by atoms with van der Waals surface area (Å²) in [5.41, 5.74) is 1.20. The number of hydrogen-bond donors (Lipinski definition) is 1. The largest absolute Gasteiger partial charge is 0.481 e. The van der Waals surface area contributed by atoms with Gasteiger partial charge in [-0.1, -0.05) is 12.1 Å². The van der Waals surface area contributed by atoms with Crippen LogP contribution in [-0.4, -0.2) is 60.0 Å². The molecule has 1 fully saturated rings. The molecule has 1 aliphatic rings. The standard InChI is InChI=1S/C20H22N4O5/c1-13(25)14-6-4-7-15(12-14)21-20(27)24-11-5-10-23(24)19(26)16-8-9-17(28-2)22-18(16)29-3/h4,6-9,12H,5,10-11H2,1-3H3,(H,21,27). The SMILES string of the molecule is COc1ccc(C(=O)N2CCCN2C(=O)Nc2cccc(C(C)=O)c2)c(OC)n1. The minimum atomic E-state index is -0.461. The van der Waals surface area contributed by atoms with Crippen molar-refractivity contribution in [1.82, 2.24) is 15.0 Å². The van der Waals surface area contributed by atoms with E-state index in [0.29, 0.717) is 36.6 Å². The molecule has 0 aliphatic carbocycles. The van der Waals surface area contributed by atoms with E-state index in [1.807, 2.05) is 0 Å². The lowest BCUT2D eigenvalue weighted by molar-refractivity contribution is 0.0400. The fraction of sp³-hybridized carbons (Fsp3) is 0.300. The monoisotopic (exact) mass is 398 g/mol. The molecule has 1 aliphatic heterocycles. The van der Waals surface area contributed by atoms with E-state index in [1.165, 1.54) is 31.2 Å². The van der Waals surface area contributed by atoms with Crippen LogP contribution >= 0.6 is 0 Å². The maximum absolute atomic E-state index is 13.0. The zero-order valence-corrected chi connectivity index (χ0v) is 16.5. The molecule has 1 aromatic heterocycles. The van der Waals surface area contributed by atoms with Crippen molar-refractivity contribution in [3.05, 3.63) is 47.5 Å². The summed E-state index contributed by atoms with van der Waals surface area (Å²) >= 11 is 0. The van der Waals surface area contributed by atoms with Crippen molar-refractivity contribution >= 4 is 23.4 Å². The van der Waals surface area contributed by atoms with E-state index in [2.05, 4.69) is 10.3 Å². The van der Waals surface area contributed by atoms with E-state index in [0.717, 1.165) is 0 Å². The molecule has 2 heterocycles. The average molecular weight is 398 g/mol. The number of benzene rings is 1. The Labute approximate surface area is 168 Å². The van der Waals surface area contributed by atoms with Crippen molar-refractivity contribution in [3.8, 4) is 11.8 Å². The summed E-state index contributed by atoms with van der Waals surface area (Å²) in [5.74, 6) is -0.0594. The number of nitrogens with one attached hydrogen (secondary N) is 1. The number of nitrogens with zero attached hydrogens (tertiary/aromatic N) is 3. The number of carbonyl (C=O) groups excluding carboxylic acids is 3. The van der Waals surface area contributed by atoms with Crippen molar-refractivity contribution in [2.45, 2.75) is 13.3 Å². The van der Waals surface area contributed by atoms with Gasteiger partial charge in [0.1, 0.15) is 5.56 Å². The number of anilines is 1. The van der Waals surface area contributed by atoms with Crippen LogP contribution in [0.15, 0.2) is 36.4 Å². The molecule has 9 nitrogen and oxygen atoms in total. The number of Topliss-reactive ketones (excluding diaryl/α,β-unsaturated/α-hetero) is 1. The lowest BCUT2D eigenvalue weighted by Gasteiger charge is -2.28. The number of rotatable bonds is 5. The Morgan fingerprint density at radius 1 is 1.03 bits per heavy atom. The molecule has 0 spiro atoms. The number of amides is 3. The lowest BCUT2D eigenvalue weighted by Crippen LogP contribution is -2.46. The third-order valence-electron chi connectivity index (χ3n) is 4.49. The molecule has 9 heteroatoms. The van der Waals surface area contributed by atoms with E-state index in [9.17, 15) is 14.4 Å². The van der Waals surface area contributed by atoms with Gasteiger partial charge in [-0.2, -0.15) is 4.98 Å². The van der Waals surface area contributed by atoms with Crippen LogP contribution in [0.25, 0.3) is 0 Å². The first kappa shape index (κ1) is 20.1. The Hall–Kier alpha value is -3.62. The Morgan fingerprint density at radius 3 is 2.48 bits per heavy atom. The predicted molar refractivity (Wildman–Crippen MR) is 105 cm³/mol. The second-order valence-corrected chi connectivity index (χ2v) is 6.38. The smallest absolute Gasteiger partial charge is 0.340 e. The molecule has 1 N–H and O–H groups in total. The Kier molecular flexibility index (Phi) is 5.96. The van der Waals surface area contributed by atoms with Crippen molar-refractivity contribution in [1.29, 1.82) is 0 Å². The third kappa shape index (κ3) is 4.29. The van der Waals surface area contributed by atoms with Crippen LogP contribution in [0, 0.1) is 0 Å². The highest BCUT2D eigenvalue weighted by atomic mass is 16.5. The first-order valence-corrected chi connectivity index (χ1v) is 9.05. The maximum Gasteiger partial charge on any atom is 0.340 e. The normalized spacial score (nSPS) is 13.2. The Bertz CT molecular complexity index is 946. The topological polar surface area (TPSA) is 101 Å². The van der Waals surface area contributed by atoms with Gasteiger partial charge in [0, 0.05) is 30.4 Å². The van der Waals surface area contributed by atoms with E-state index in [1.54, 1.807) is 36.4 Å². The summed E-state index contributed by atoms with van der Waals surface area (Å²) in [4.78, 5) is 41.5. The molecule has 0 radical (unpaired) electrons. The van der Waals surface area contributed by atoms with Gasteiger partial charge in [-0.15, -0.1) is 0 Å². The number of ketones is 1. The number of pyridine rings is 1. The molecule has 0 bridgehead atoms. The van der Waals surface area contributed by atoms with Gasteiger partial charge >= 0.3 is 6.03 Å². The van der Waals surface area contributed by atoms with Gasteiger partial charge in [0.2, 0.25) is 11.8 Å². The minimum absolute atomic E-state index is 0.0989. The van der Waals surface area contributed by atoms with Crippen LogP contribution < -0.4 is 14.8 Å². The Morgan fingerprint density at radius 2 is 1.79 bits per heavy atom. The molecule has 0 unspecified atom stereocenters. The number of methoxy groups -OCH3 is 2.